The van der Waals surface area contributed by atoms with Gasteiger partial charge < -0.3 is 5.32 Å². The first-order chi connectivity index (χ1) is 12.8. The molecular formula is C17H15F3N4O2S. The summed E-state index contributed by atoms with van der Waals surface area (Å²) in [7, 11) is -2.89. The topological polar surface area (TPSA) is 76.9 Å². The molecule has 1 N–H and O–H groups in total. The zero-order valence-corrected chi connectivity index (χ0v) is 15.2. The summed E-state index contributed by atoms with van der Waals surface area (Å²) < 4.78 is 69.5. The molecule has 0 radical (unpaired) electrons. The number of rotatable bonds is 5. The third-order valence-electron chi connectivity index (χ3n) is 3.92. The maximum atomic E-state index is 14.9. The average Bonchev–Trinajstić information content (AvgIpc) is 2.95. The number of aryl methyl sites for hydroxylation is 1. The van der Waals surface area contributed by atoms with Crippen LogP contribution in [-0.2, 0) is 16.6 Å². The van der Waals surface area contributed by atoms with E-state index in [2.05, 4.69) is 15.3 Å². The maximum Gasteiger partial charge on any atom is 0.269 e. The van der Waals surface area contributed by atoms with Gasteiger partial charge in [0.2, 0.25) is 5.95 Å². The Labute approximate surface area is 153 Å². The summed E-state index contributed by atoms with van der Waals surface area (Å²) in [5, 5.41) is 2.71. The lowest BCUT2D eigenvalue weighted by molar-refractivity contribution is 0.572. The lowest BCUT2D eigenvalue weighted by Crippen LogP contribution is -2.15. The zero-order chi connectivity index (χ0) is 19.8. The smallest absolute Gasteiger partial charge is 0.269 e. The van der Waals surface area contributed by atoms with Crippen molar-refractivity contribution in [3.8, 4) is 11.3 Å². The van der Waals surface area contributed by atoms with Crippen LogP contribution in [0.5, 0.6) is 0 Å². The highest BCUT2D eigenvalue weighted by atomic mass is 32.2. The van der Waals surface area contributed by atoms with Crippen molar-refractivity contribution in [3.05, 3.63) is 65.6 Å². The van der Waals surface area contributed by atoms with Crippen LogP contribution in [0.3, 0.4) is 0 Å². The van der Waals surface area contributed by atoms with E-state index in [-0.39, 0.29) is 23.4 Å². The van der Waals surface area contributed by atoms with Crippen molar-refractivity contribution in [1.82, 2.24) is 19.3 Å². The van der Waals surface area contributed by atoms with Crippen molar-refractivity contribution in [2.24, 2.45) is 0 Å². The third-order valence-corrected chi connectivity index (χ3v) is 5.55. The van der Waals surface area contributed by atoms with E-state index in [9.17, 15) is 21.6 Å². The molecular weight excluding hydrogens is 381 g/mol. The van der Waals surface area contributed by atoms with Crippen LogP contribution in [0.4, 0.5) is 13.2 Å². The van der Waals surface area contributed by atoms with Crippen molar-refractivity contribution >= 4 is 10.0 Å². The van der Waals surface area contributed by atoms with Gasteiger partial charge in [-0.05, 0) is 32.2 Å². The molecule has 3 rings (SSSR count). The van der Waals surface area contributed by atoms with Crippen LogP contribution < -0.4 is 5.32 Å². The largest absolute Gasteiger partial charge is 0.316 e. The summed E-state index contributed by atoms with van der Waals surface area (Å²) in [4.78, 5) is 6.66. The summed E-state index contributed by atoms with van der Waals surface area (Å²) in [5.41, 5.74) is -0.838. The monoisotopic (exact) mass is 396 g/mol. The van der Waals surface area contributed by atoms with E-state index in [1.54, 1.807) is 7.05 Å². The molecule has 6 nitrogen and oxygen atoms in total. The van der Waals surface area contributed by atoms with Crippen molar-refractivity contribution in [2.75, 3.05) is 7.05 Å². The van der Waals surface area contributed by atoms with Gasteiger partial charge in [-0.1, -0.05) is 0 Å². The fourth-order valence-corrected chi connectivity index (χ4v) is 3.91. The van der Waals surface area contributed by atoms with Gasteiger partial charge >= 0.3 is 0 Å². The normalized spacial score (nSPS) is 11.7. The Morgan fingerprint density at radius 3 is 2.59 bits per heavy atom. The molecule has 0 aliphatic rings. The standard InChI is InChI=1S/C17H15F3N4O2S/c1-10-14(18)6-12(8-23-10)27(25,26)24-9-11(7-21-2)15(19)16(24)13-4-3-5-22-17(13)20/h3-6,8-9,21H,7H2,1-2H3. The molecule has 0 aliphatic carbocycles. The minimum atomic E-state index is -4.44. The average molecular weight is 396 g/mol. The molecule has 0 bridgehead atoms. The molecule has 0 fully saturated rings. The predicted molar refractivity (Wildman–Crippen MR) is 91.9 cm³/mol. The number of pyridine rings is 2. The van der Waals surface area contributed by atoms with Gasteiger partial charge in [-0.2, -0.15) is 4.39 Å². The third kappa shape index (κ3) is 3.33. The fourth-order valence-electron chi connectivity index (χ4n) is 2.56. The molecule has 3 aromatic heterocycles. The van der Waals surface area contributed by atoms with Crippen LogP contribution >= 0.6 is 0 Å². The number of nitrogens with one attached hydrogen (secondary N) is 1. The molecule has 27 heavy (non-hydrogen) atoms. The van der Waals surface area contributed by atoms with E-state index >= 15 is 0 Å². The highest BCUT2D eigenvalue weighted by molar-refractivity contribution is 7.90. The van der Waals surface area contributed by atoms with Crippen molar-refractivity contribution in [2.45, 2.75) is 18.4 Å². The highest BCUT2D eigenvalue weighted by Gasteiger charge is 2.29. The van der Waals surface area contributed by atoms with E-state index in [4.69, 9.17) is 0 Å². The van der Waals surface area contributed by atoms with Gasteiger partial charge in [0, 0.05) is 30.7 Å². The van der Waals surface area contributed by atoms with E-state index in [1.807, 2.05) is 0 Å². The molecule has 0 spiro atoms. The van der Waals surface area contributed by atoms with Gasteiger partial charge in [0.05, 0.1) is 11.3 Å². The molecule has 3 aromatic rings. The molecule has 0 atom stereocenters. The first-order valence-corrected chi connectivity index (χ1v) is 9.24. The Balaban J connectivity index is 2.30. The summed E-state index contributed by atoms with van der Waals surface area (Å²) in [5.74, 6) is -2.77. The Morgan fingerprint density at radius 1 is 1.22 bits per heavy atom. The Morgan fingerprint density at radius 2 is 1.96 bits per heavy atom. The van der Waals surface area contributed by atoms with Gasteiger partial charge in [-0.3, -0.25) is 4.98 Å². The first-order valence-electron chi connectivity index (χ1n) is 7.80. The number of halogens is 3. The SMILES string of the molecule is CNCc1cn(S(=O)(=O)c2cnc(C)c(F)c2)c(-c2cccnc2F)c1F. The predicted octanol–water partition coefficient (Wildman–Crippen LogP) is 2.63. The number of nitrogens with zero attached hydrogens (tertiary/aromatic N) is 3. The van der Waals surface area contributed by atoms with Gasteiger partial charge in [-0.25, -0.2) is 26.2 Å². The second kappa shape index (κ2) is 7.12. The summed E-state index contributed by atoms with van der Waals surface area (Å²) in [6.07, 6.45) is 3.15. The highest BCUT2D eigenvalue weighted by Crippen LogP contribution is 2.31. The van der Waals surface area contributed by atoms with E-state index in [0.29, 0.717) is 3.97 Å². The first kappa shape index (κ1) is 19.1. The fraction of sp³-hybridized carbons (Fsp3) is 0.176. The maximum absolute atomic E-state index is 14.9. The summed E-state index contributed by atoms with van der Waals surface area (Å²) in [6.45, 7) is 1.38. The quantitative estimate of drug-likeness (QED) is 0.671. The Hall–Kier alpha value is -2.72. The second-order valence-electron chi connectivity index (χ2n) is 5.73. The van der Waals surface area contributed by atoms with Crippen LogP contribution in [0.1, 0.15) is 11.3 Å². The van der Waals surface area contributed by atoms with Crippen LogP contribution in [0.2, 0.25) is 0 Å². The number of aromatic nitrogens is 3. The molecule has 0 aromatic carbocycles. The zero-order valence-electron chi connectivity index (χ0n) is 14.4. The Bertz CT molecular complexity index is 1110. The molecule has 0 unspecified atom stereocenters. The van der Waals surface area contributed by atoms with Gasteiger partial charge in [0.1, 0.15) is 16.4 Å². The molecule has 10 heteroatoms. The summed E-state index contributed by atoms with van der Waals surface area (Å²) in [6, 6.07) is 3.35. The summed E-state index contributed by atoms with van der Waals surface area (Å²) >= 11 is 0. The van der Waals surface area contributed by atoms with Gasteiger partial charge in [0.15, 0.2) is 5.82 Å². The minimum Gasteiger partial charge on any atom is -0.316 e. The minimum absolute atomic E-state index is 0.000120. The molecule has 0 saturated heterocycles. The van der Waals surface area contributed by atoms with Crippen molar-refractivity contribution in [1.29, 1.82) is 0 Å². The van der Waals surface area contributed by atoms with Gasteiger partial charge in [0.25, 0.3) is 10.0 Å². The van der Waals surface area contributed by atoms with Crippen LogP contribution in [-0.4, -0.2) is 29.4 Å². The molecule has 0 saturated carbocycles. The molecule has 0 amide bonds. The van der Waals surface area contributed by atoms with Gasteiger partial charge in [-0.15, -0.1) is 0 Å². The van der Waals surface area contributed by atoms with Crippen LogP contribution in [0.25, 0.3) is 11.3 Å². The molecule has 142 valence electrons. The van der Waals surface area contributed by atoms with Crippen LogP contribution in [0.15, 0.2) is 41.7 Å². The lowest BCUT2D eigenvalue weighted by atomic mass is 10.2. The molecule has 0 aliphatic heterocycles. The number of hydrogen-bond donors (Lipinski definition) is 1. The Kier molecular flexibility index (Phi) is 5.03. The van der Waals surface area contributed by atoms with Crippen molar-refractivity contribution in [3.63, 3.8) is 0 Å². The number of hydrogen-bond acceptors (Lipinski definition) is 5. The molecule has 3 heterocycles. The second-order valence-corrected chi connectivity index (χ2v) is 7.54. The van der Waals surface area contributed by atoms with Crippen LogP contribution in [0, 0.1) is 24.5 Å². The van der Waals surface area contributed by atoms with Crippen molar-refractivity contribution < 1.29 is 21.6 Å². The van der Waals surface area contributed by atoms with E-state index < -0.39 is 38.2 Å². The van der Waals surface area contributed by atoms with E-state index in [0.717, 1.165) is 24.7 Å². The lowest BCUT2D eigenvalue weighted by Gasteiger charge is -2.11. The van der Waals surface area contributed by atoms with E-state index in [1.165, 1.54) is 19.1 Å².